The quantitative estimate of drug-likeness (QED) is 0.597. The van der Waals surface area contributed by atoms with Gasteiger partial charge in [0.25, 0.3) is 0 Å². The summed E-state index contributed by atoms with van der Waals surface area (Å²) in [5.41, 5.74) is 6.13. The third-order valence-electron chi connectivity index (χ3n) is 2.39. The Bertz CT molecular complexity index is 714. The molecule has 1 unspecified atom stereocenters. The molecule has 98 valence electrons. The number of benzene rings is 1. The molecule has 8 heteroatoms. The fourth-order valence-electron chi connectivity index (χ4n) is 1.50. The average molecular weight is 270 g/mol. The number of aromatic amines is 2. The maximum absolute atomic E-state index is 11.9. The van der Waals surface area contributed by atoms with Crippen molar-refractivity contribution >= 4 is 21.1 Å². The zero-order valence-corrected chi connectivity index (χ0v) is 10.5. The van der Waals surface area contributed by atoms with Gasteiger partial charge in [0.05, 0.1) is 15.9 Å². The fourth-order valence-corrected chi connectivity index (χ4v) is 2.67. The normalized spacial score (nSPS) is 13.9. The van der Waals surface area contributed by atoms with Crippen LogP contribution in [-0.4, -0.2) is 31.0 Å². The first-order valence-corrected chi connectivity index (χ1v) is 6.84. The lowest BCUT2D eigenvalue weighted by atomic mass is 10.3. The number of imidazole rings is 1. The topological polar surface area (TPSA) is 121 Å². The Morgan fingerprint density at radius 2 is 2.00 bits per heavy atom. The van der Waals surface area contributed by atoms with Gasteiger partial charge in [-0.2, -0.15) is 0 Å². The van der Waals surface area contributed by atoms with E-state index in [2.05, 4.69) is 14.7 Å². The molecule has 0 bridgehead atoms. The number of H-pyrrole nitrogens is 2. The van der Waals surface area contributed by atoms with Gasteiger partial charge in [-0.25, -0.2) is 17.9 Å². The van der Waals surface area contributed by atoms with Crippen molar-refractivity contribution < 1.29 is 8.42 Å². The molecule has 1 atom stereocenters. The van der Waals surface area contributed by atoms with E-state index in [1.165, 1.54) is 18.2 Å². The van der Waals surface area contributed by atoms with Crippen LogP contribution in [0.25, 0.3) is 11.0 Å². The van der Waals surface area contributed by atoms with E-state index in [-0.39, 0.29) is 23.2 Å². The summed E-state index contributed by atoms with van der Waals surface area (Å²) in [6, 6.07) is 4.09. The van der Waals surface area contributed by atoms with Crippen molar-refractivity contribution in [3.8, 4) is 0 Å². The van der Waals surface area contributed by atoms with Crippen LogP contribution in [-0.2, 0) is 10.0 Å². The molecule has 5 N–H and O–H groups in total. The molecule has 2 aromatic rings. The molecule has 0 fully saturated rings. The van der Waals surface area contributed by atoms with E-state index in [4.69, 9.17) is 5.73 Å². The standard InChI is InChI=1S/C10H14N4O3S/c1-6(11)5-12-18(16,17)7-2-3-8-9(4-7)14-10(15)13-8/h2-4,6,12H,5,11H2,1H3,(H2,13,14,15). The molecule has 0 aliphatic heterocycles. The number of fused-ring (bicyclic) bond motifs is 1. The minimum atomic E-state index is -3.60. The van der Waals surface area contributed by atoms with Crippen LogP contribution in [0.5, 0.6) is 0 Å². The van der Waals surface area contributed by atoms with E-state index in [1.807, 2.05) is 0 Å². The Kier molecular flexibility index (Phi) is 3.24. The summed E-state index contributed by atoms with van der Waals surface area (Å²) < 4.78 is 26.2. The second-order valence-electron chi connectivity index (χ2n) is 4.12. The molecule has 0 amide bonds. The summed E-state index contributed by atoms with van der Waals surface area (Å²) in [6.45, 7) is 1.86. The van der Waals surface area contributed by atoms with Gasteiger partial charge in [-0.1, -0.05) is 0 Å². The van der Waals surface area contributed by atoms with Crippen LogP contribution in [0.1, 0.15) is 6.92 Å². The van der Waals surface area contributed by atoms with Crippen molar-refractivity contribution in [2.75, 3.05) is 6.54 Å². The van der Waals surface area contributed by atoms with Crippen LogP contribution in [0.15, 0.2) is 27.9 Å². The highest BCUT2D eigenvalue weighted by Crippen LogP contribution is 2.14. The highest BCUT2D eigenvalue weighted by molar-refractivity contribution is 7.89. The number of nitrogens with one attached hydrogen (secondary N) is 3. The second kappa shape index (κ2) is 4.56. The van der Waals surface area contributed by atoms with Gasteiger partial charge in [0.15, 0.2) is 0 Å². The van der Waals surface area contributed by atoms with Crippen molar-refractivity contribution in [1.29, 1.82) is 0 Å². The average Bonchev–Trinajstić information content (AvgIpc) is 2.65. The first kappa shape index (κ1) is 12.8. The lowest BCUT2D eigenvalue weighted by Crippen LogP contribution is -2.35. The van der Waals surface area contributed by atoms with Crippen molar-refractivity contribution in [3.63, 3.8) is 0 Å². The second-order valence-corrected chi connectivity index (χ2v) is 5.88. The Hall–Kier alpha value is -1.64. The monoisotopic (exact) mass is 270 g/mol. The fraction of sp³-hybridized carbons (Fsp3) is 0.300. The van der Waals surface area contributed by atoms with Crippen LogP contribution in [0, 0.1) is 0 Å². The van der Waals surface area contributed by atoms with Gasteiger partial charge in [-0.15, -0.1) is 0 Å². The molecule has 0 saturated carbocycles. The molecule has 2 rings (SSSR count). The molecular formula is C10H14N4O3S. The zero-order chi connectivity index (χ0) is 13.3. The van der Waals surface area contributed by atoms with E-state index in [0.29, 0.717) is 11.0 Å². The van der Waals surface area contributed by atoms with Gasteiger partial charge in [0.1, 0.15) is 0 Å². The summed E-state index contributed by atoms with van der Waals surface area (Å²) in [5.74, 6) is 0. The van der Waals surface area contributed by atoms with Crippen LogP contribution in [0.2, 0.25) is 0 Å². The first-order valence-electron chi connectivity index (χ1n) is 5.36. The Morgan fingerprint density at radius 1 is 1.33 bits per heavy atom. The maximum atomic E-state index is 11.9. The first-order chi connectivity index (χ1) is 8.38. The van der Waals surface area contributed by atoms with E-state index < -0.39 is 10.0 Å². The van der Waals surface area contributed by atoms with Gasteiger partial charge < -0.3 is 15.7 Å². The molecule has 1 aromatic heterocycles. The number of aromatic nitrogens is 2. The minimum absolute atomic E-state index is 0.0888. The van der Waals surface area contributed by atoms with E-state index >= 15 is 0 Å². The molecule has 0 spiro atoms. The Balaban J connectivity index is 2.38. The molecule has 1 aromatic carbocycles. The van der Waals surface area contributed by atoms with E-state index in [0.717, 1.165) is 0 Å². The number of nitrogens with two attached hydrogens (primary N) is 1. The van der Waals surface area contributed by atoms with Crippen LogP contribution < -0.4 is 16.1 Å². The lowest BCUT2D eigenvalue weighted by molar-refractivity contribution is 0.574. The predicted octanol–water partition coefficient (Wildman–Crippen LogP) is -0.518. The highest BCUT2D eigenvalue weighted by atomic mass is 32.2. The van der Waals surface area contributed by atoms with Crippen LogP contribution in [0.3, 0.4) is 0 Å². The SMILES string of the molecule is CC(N)CNS(=O)(=O)c1ccc2[nH]c(=O)[nH]c2c1. The summed E-state index contributed by atoms with van der Waals surface area (Å²) in [6.07, 6.45) is 0. The van der Waals surface area contributed by atoms with Crippen molar-refractivity contribution in [2.45, 2.75) is 17.9 Å². The van der Waals surface area contributed by atoms with Gasteiger partial charge in [-0.3, -0.25) is 0 Å². The van der Waals surface area contributed by atoms with Crippen molar-refractivity contribution in [2.24, 2.45) is 5.73 Å². The minimum Gasteiger partial charge on any atom is -0.327 e. The van der Waals surface area contributed by atoms with Crippen molar-refractivity contribution in [1.82, 2.24) is 14.7 Å². The maximum Gasteiger partial charge on any atom is 0.323 e. The zero-order valence-electron chi connectivity index (χ0n) is 9.73. The largest absolute Gasteiger partial charge is 0.327 e. The molecule has 0 radical (unpaired) electrons. The molecule has 7 nitrogen and oxygen atoms in total. The molecular weight excluding hydrogens is 256 g/mol. The van der Waals surface area contributed by atoms with Crippen LogP contribution >= 0.6 is 0 Å². The molecule has 1 heterocycles. The molecule has 0 aliphatic carbocycles. The van der Waals surface area contributed by atoms with E-state index in [9.17, 15) is 13.2 Å². The summed E-state index contributed by atoms with van der Waals surface area (Å²) in [4.78, 5) is 16.2. The third kappa shape index (κ3) is 2.61. The van der Waals surface area contributed by atoms with Gasteiger partial charge >= 0.3 is 5.69 Å². The predicted molar refractivity (Wildman–Crippen MR) is 67.8 cm³/mol. The van der Waals surface area contributed by atoms with Gasteiger partial charge in [0.2, 0.25) is 10.0 Å². The molecule has 18 heavy (non-hydrogen) atoms. The summed E-state index contributed by atoms with van der Waals surface area (Å²) in [5, 5.41) is 0. The third-order valence-corrected chi connectivity index (χ3v) is 3.81. The Labute approximate surface area is 103 Å². The van der Waals surface area contributed by atoms with Crippen molar-refractivity contribution in [3.05, 3.63) is 28.7 Å². The number of hydrogen-bond donors (Lipinski definition) is 4. The number of rotatable bonds is 4. The van der Waals surface area contributed by atoms with Gasteiger partial charge in [-0.05, 0) is 25.1 Å². The van der Waals surface area contributed by atoms with Gasteiger partial charge in [0, 0.05) is 12.6 Å². The Morgan fingerprint density at radius 3 is 2.67 bits per heavy atom. The number of sulfonamides is 1. The molecule has 0 saturated heterocycles. The summed E-state index contributed by atoms with van der Waals surface area (Å²) >= 11 is 0. The smallest absolute Gasteiger partial charge is 0.323 e. The number of hydrogen-bond acceptors (Lipinski definition) is 4. The highest BCUT2D eigenvalue weighted by Gasteiger charge is 2.15. The van der Waals surface area contributed by atoms with Crippen LogP contribution in [0.4, 0.5) is 0 Å². The van der Waals surface area contributed by atoms with E-state index in [1.54, 1.807) is 6.92 Å². The lowest BCUT2D eigenvalue weighted by Gasteiger charge is -2.08. The molecule has 0 aliphatic rings. The summed E-state index contributed by atoms with van der Waals surface area (Å²) in [7, 11) is -3.60.